The molecule has 20 heavy (non-hydrogen) atoms. The van der Waals surface area contributed by atoms with Crippen LogP contribution in [0.2, 0.25) is 0 Å². The summed E-state index contributed by atoms with van der Waals surface area (Å²) in [5.74, 6) is 0.587. The van der Waals surface area contributed by atoms with Crippen molar-refractivity contribution in [1.29, 1.82) is 0 Å². The third kappa shape index (κ3) is 3.99. The Kier molecular flexibility index (Phi) is 5.01. The number of para-hydroxylation sites is 2. The predicted octanol–water partition coefficient (Wildman–Crippen LogP) is 2.98. The minimum Gasteiger partial charge on any atom is -0.491 e. The summed E-state index contributed by atoms with van der Waals surface area (Å²) in [7, 11) is 0. The van der Waals surface area contributed by atoms with E-state index in [4.69, 9.17) is 10.5 Å². The number of hydrogen-bond acceptors (Lipinski definition) is 4. The largest absolute Gasteiger partial charge is 0.491 e. The molecule has 0 aliphatic heterocycles. The number of ether oxygens (including phenoxy) is 1. The lowest BCUT2D eigenvalue weighted by atomic mass is 10.2. The number of thiophene rings is 1. The molecule has 1 aromatic heterocycles. The Hall–Kier alpha value is -2.01. The molecule has 1 unspecified atom stereocenters. The Labute approximate surface area is 122 Å². The van der Waals surface area contributed by atoms with Gasteiger partial charge in [0.15, 0.2) is 0 Å². The van der Waals surface area contributed by atoms with Crippen molar-refractivity contribution < 1.29 is 9.53 Å². The van der Waals surface area contributed by atoms with Crippen LogP contribution in [0, 0.1) is 0 Å². The second-order valence-corrected chi connectivity index (χ2v) is 5.26. The number of benzene rings is 1. The van der Waals surface area contributed by atoms with E-state index in [0.29, 0.717) is 24.5 Å². The highest BCUT2D eigenvalue weighted by atomic mass is 32.1. The number of nitrogens with two attached hydrogens (primary N) is 1. The van der Waals surface area contributed by atoms with E-state index in [2.05, 4.69) is 5.32 Å². The molecule has 0 bridgehead atoms. The van der Waals surface area contributed by atoms with Crippen LogP contribution in [0.15, 0.2) is 41.1 Å². The van der Waals surface area contributed by atoms with Crippen LogP contribution in [0.1, 0.15) is 24.9 Å². The maximum absolute atomic E-state index is 11.8. The smallest absolute Gasteiger partial charge is 0.223 e. The van der Waals surface area contributed by atoms with Gasteiger partial charge in [-0.3, -0.25) is 4.79 Å². The Morgan fingerprint density at radius 3 is 2.90 bits per heavy atom. The summed E-state index contributed by atoms with van der Waals surface area (Å²) >= 11 is 1.62. The maximum Gasteiger partial charge on any atom is 0.223 e. The van der Waals surface area contributed by atoms with Gasteiger partial charge in [-0.15, -0.1) is 0 Å². The molecule has 106 valence electrons. The van der Waals surface area contributed by atoms with Crippen molar-refractivity contribution in [3.8, 4) is 5.75 Å². The molecule has 1 amide bonds. The van der Waals surface area contributed by atoms with Crippen LogP contribution in [-0.2, 0) is 4.79 Å². The summed E-state index contributed by atoms with van der Waals surface area (Å²) in [5.41, 5.74) is 7.46. The van der Waals surface area contributed by atoms with E-state index in [-0.39, 0.29) is 11.9 Å². The van der Waals surface area contributed by atoms with Gasteiger partial charge >= 0.3 is 0 Å². The monoisotopic (exact) mass is 290 g/mol. The zero-order valence-electron chi connectivity index (χ0n) is 11.3. The first-order valence-electron chi connectivity index (χ1n) is 6.45. The zero-order valence-corrected chi connectivity index (χ0v) is 12.2. The Balaban J connectivity index is 1.74. The SMILES string of the molecule is CC(NC(=O)CCOc1ccccc1N)c1ccsc1. The molecule has 0 saturated carbocycles. The van der Waals surface area contributed by atoms with Crippen LogP contribution in [0.5, 0.6) is 5.75 Å². The maximum atomic E-state index is 11.8. The lowest BCUT2D eigenvalue weighted by Gasteiger charge is -2.13. The number of carbonyl (C=O) groups is 1. The zero-order chi connectivity index (χ0) is 14.4. The minimum absolute atomic E-state index is 0.0237. The van der Waals surface area contributed by atoms with Gasteiger partial charge in [0.1, 0.15) is 5.75 Å². The van der Waals surface area contributed by atoms with E-state index in [0.717, 1.165) is 5.56 Å². The summed E-state index contributed by atoms with van der Waals surface area (Å²) in [5, 5.41) is 6.97. The molecule has 0 radical (unpaired) electrons. The third-order valence-corrected chi connectivity index (χ3v) is 3.63. The van der Waals surface area contributed by atoms with Crippen molar-refractivity contribution in [2.24, 2.45) is 0 Å². The molecule has 4 nitrogen and oxygen atoms in total. The second kappa shape index (κ2) is 6.96. The van der Waals surface area contributed by atoms with Crippen LogP contribution < -0.4 is 15.8 Å². The van der Waals surface area contributed by atoms with E-state index in [1.54, 1.807) is 23.5 Å². The van der Waals surface area contributed by atoms with Crippen molar-refractivity contribution in [3.05, 3.63) is 46.7 Å². The van der Waals surface area contributed by atoms with Crippen LogP contribution in [0.25, 0.3) is 0 Å². The predicted molar refractivity (Wildman–Crippen MR) is 81.8 cm³/mol. The van der Waals surface area contributed by atoms with Gasteiger partial charge in [-0.25, -0.2) is 0 Å². The Morgan fingerprint density at radius 2 is 2.20 bits per heavy atom. The lowest BCUT2D eigenvalue weighted by Crippen LogP contribution is -2.27. The molecule has 5 heteroatoms. The summed E-state index contributed by atoms with van der Waals surface area (Å²) < 4.78 is 5.50. The van der Waals surface area contributed by atoms with Crippen molar-refractivity contribution >= 4 is 22.9 Å². The van der Waals surface area contributed by atoms with E-state index in [1.165, 1.54) is 0 Å². The molecule has 1 aromatic carbocycles. The molecule has 0 aliphatic rings. The first-order chi connectivity index (χ1) is 9.66. The van der Waals surface area contributed by atoms with Gasteiger partial charge in [0.05, 0.1) is 24.8 Å². The number of carbonyl (C=O) groups excluding carboxylic acids is 1. The first kappa shape index (κ1) is 14.4. The fourth-order valence-electron chi connectivity index (χ4n) is 1.78. The van der Waals surface area contributed by atoms with E-state index < -0.39 is 0 Å². The Morgan fingerprint density at radius 1 is 1.40 bits per heavy atom. The van der Waals surface area contributed by atoms with Crippen LogP contribution >= 0.6 is 11.3 Å². The molecule has 0 spiro atoms. The standard InChI is InChI=1S/C15H18N2O2S/c1-11(12-7-9-20-10-12)17-15(18)6-8-19-14-5-3-2-4-13(14)16/h2-5,7,9-11H,6,8,16H2,1H3,(H,17,18). The highest BCUT2D eigenvalue weighted by Crippen LogP contribution is 2.20. The van der Waals surface area contributed by atoms with Gasteiger partial charge in [-0.05, 0) is 41.4 Å². The fourth-order valence-corrected chi connectivity index (χ4v) is 2.54. The molecule has 0 aliphatic carbocycles. The van der Waals surface area contributed by atoms with Crippen LogP contribution in [0.3, 0.4) is 0 Å². The molecule has 2 aromatic rings. The summed E-state index contributed by atoms with van der Waals surface area (Å²) in [6, 6.07) is 9.30. The first-order valence-corrected chi connectivity index (χ1v) is 7.40. The van der Waals surface area contributed by atoms with Gasteiger partial charge in [-0.2, -0.15) is 11.3 Å². The fraction of sp³-hybridized carbons (Fsp3) is 0.267. The number of rotatable bonds is 6. The van der Waals surface area contributed by atoms with Gasteiger partial charge in [0.2, 0.25) is 5.91 Å². The average molecular weight is 290 g/mol. The van der Waals surface area contributed by atoms with Gasteiger partial charge < -0.3 is 15.8 Å². The highest BCUT2D eigenvalue weighted by Gasteiger charge is 2.10. The molecule has 1 atom stereocenters. The number of hydrogen-bond donors (Lipinski definition) is 2. The van der Waals surface area contributed by atoms with E-state index in [9.17, 15) is 4.79 Å². The minimum atomic E-state index is -0.0294. The summed E-state index contributed by atoms with van der Waals surface area (Å²) in [6.07, 6.45) is 0.308. The number of nitrogen functional groups attached to an aromatic ring is 1. The van der Waals surface area contributed by atoms with Crippen molar-refractivity contribution in [2.75, 3.05) is 12.3 Å². The van der Waals surface area contributed by atoms with E-state index in [1.807, 2.05) is 35.9 Å². The Bertz CT molecular complexity index is 555. The molecule has 0 saturated heterocycles. The lowest BCUT2D eigenvalue weighted by molar-refractivity contribution is -0.122. The topological polar surface area (TPSA) is 64.3 Å². The molecule has 0 fully saturated rings. The molecular weight excluding hydrogens is 272 g/mol. The van der Waals surface area contributed by atoms with Crippen molar-refractivity contribution in [1.82, 2.24) is 5.32 Å². The average Bonchev–Trinajstić information content (AvgIpc) is 2.95. The molecule has 1 heterocycles. The molecular formula is C15H18N2O2S. The molecule has 3 N–H and O–H groups in total. The van der Waals surface area contributed by atoms with Gasteiger partial charge in [-0.1, -0.05) is 12.1 Å². The van der Waals surface area contributed by atoms with E-state index >= 15 is 0 Å². The van der Waals surface area contributed by atoms with Crippen molar-refractivity contribution in [2.45, 2.75) is 19.4 Å². The van der Waals surface area contributed by atoms with Crippen LogP contribution in [0.4, 0.5) is 5.69 Å². The quantitative estimate of drug-likeness (QED) is 0.804. The molecule has 2 rings (SSSR count). The summed E-state index contributed by atoms with van der Waals surface area (Å²) in [4.78, 5) is 11.8. The normalized spacial score (nSPS) is 11.8. The second-order valence-electron chi connectivity index (χ2n) is 4.48. The number of amides is 1. The van der Waals surface area contributed by atoms with Crippen molar-refractivity contribution in [3.63, 3.8) is 0 Å². The highest BCUT2D eigenvalue weighted by molar-refractivity contribution is 7.07. The van der Waals surface area contributed by atoms with Crippen LogP contribution in [-0.4, -0.2) is 12.5 Å². The number of nitrogens with one attached hydrogen (secondary N) is 1. The third-order valence-electron chi connectivity index (χ3n) is 2.93. The van der Waals surface area contributed by atoms with Gasteiger partial charge in [0.25, 0.3) is 0 Å². The van der Waals surface area contributed by atoms with Gasteiger partial charge in [0, 0.05) is 0 Å². The summed E-state index contributed by atoms with van der Waals surface area (Å²) in [6.45, 7) is 2.28. The number of anilines is 1.